The summed E-state index contributed by atoms with van der Waals surface area (Å²) in [6.07, 6.45) is 0. The predicted molar refractivity (Wildman–Crippen MR) is 106 cm³/mol. The second-order valence-electron chi connectivity index (χ2n) is 5.78. The highest BCUT2D eigenvalue weighted by Crippen LogP contribution is 2.25. The number of benzene rings is 2. The van der Waals surface area contributed by atoms with Gasteiger partial charge < -0.3 is 9.47 Å². The number of carbonyl (C=O) groups is 1. The fraction of sp³-hybridized carbons (Fsp3) is 0.250. The van der Waals surface area contributed by atoms with Crippen molar-refractivity contribution in [3.8, 4) is 17.4 Å². The molecule has 0 aliphatic heterocycles. The second-order valence-corrected chi connectivity index (χ2v) is 6.63. The number of aromatic nitrogens is 3. The van der Waals surface area contributed by atoms with Crippen molar-refractivity contribution in [1.29, 1.82) is 0 Å². The van der Waals surface area contributed by atoms with E-state index in [1.165, 1.54) is 4.68 Å². The summed E-state index contributed by atoms with van der Waals surface area (Å²) in [7, 11) is 0. The molecule has 0 aliphatic carbocycles. The van der Waals surface area contributed by atoms with Gasteiger partial charge in [0.25, 0.3) is 5.91 Å². The molecule has 7 heteroatoms. The maximum atomic E-state index is 13.1. The van der Waals surface area contributed by atoms with E-state index in [1.54, 1.807) is 6.07 Å². The van der Waals surface area contributed by atoms with Gasteiger partial charge in [0.1, 0.15) is 6.61 Å². The quantitative estimate of drug-likeness (QED) is 0.528. The van der Waals surface area contributed by atoms with E-state index in [-0.39, 0.29) is 11.9 Å². The van der Waals surface area contributed by atoms with Crippen LogP contribution in [-0.4, -0.2) is 40.5 Å². The lowest BCUT2D eigenvalue weighted by Crippen LogP contribution is -2.16. The monoisotopic (exact) mass is 429 g/mol. The topological polar surface area (TPSA) is 66.2 Å². The smallest absolute Gasteiger partial charge is 0.336 e. The van der Waals surface area contributed by atoms with Crippen LogP contribution in [0.25, 0.3) is 11.4 Å². The van der Waals surface area contributed by atoms with Gasteiger partial charge in [0.15, 0.2) is 5.82 Å². The highest BCUT2D eigenvalue weighted by molar-refractivity contribution is 9.10. The van der Waals surface area contributed by atoms with Crippen molar-refractivity contribution in [1.82, 2.24) is 14.8 Å². The van der Waals surface area contributed by atoms with E-state index in [0.29, 0.717) is 35.7 Å². The van der Waals surface area contributed by atoms with E-state index >= 15 is 0 Å². The van der Waals surface area contributed by atoms with Crippen LogP contribution < -0.4 is 4.74 Å². The van der Waals surface area contributed by atoms with Gasteiger partial charge in [-0.3, -0.25) is 4.79 Å². The minimum Gasteiger partial charge on any atom is -0.460 e. The summed E-state index contributed by atoms with van der Waals surface area (Å²) >= 11 is 3.43. The lowest BCUT2D eigenvalue weighted by molar-refractivity contribution is 0.0937. The van der Waals surface area contributed by atoms with Crippen molar-refractivity contribution in [3.05, 3.63) is 64.1 Å². The molecule has 3 rings (SSSR count). The first-order valence-corrected chi connectivity index (χ1v) is 9.44. The average Bonchev–Trinajstić information content (AvgIpc) is 3.09. The van der Waals surface area contributed by atoms with Crippen LogP contribution in [-0.2, 0) is 4.74 Å². The van der Waals surface area contributed by atoms with Crippen LogP contribution in [0, 0.1) is 6.92 Å². The lowest BCUT2D eigenvalue weighted by Gasteiger charge is -2.08. The van der Waals surface area contributed by atoms with E-state index in [0.717, 1.165) is 11.1 Å². The van der Waals surface area contributed by atoms with Crippen LogP contribution in [0.5, 0.6) is 6.01 Å². The van der Waals surface area contributed by atoms with E-state index in [2.05, 4.69) is 26.0 Å². The Labute approximate surface area is 166 Å². The van der Waals surface area contributed by atoms with Crippen LogP contribution in [0.4, 0.5) is 0 Å². The molecule has 0 bridgehead atoms. The van der Waals surface area contributed by atoms with Crippen LogP contribution in [0.3, 0.4) is 0 Å². The minimum atomic E-state index is -0.284. The molecule has 0 radical (unpaired) electrons. The molecule has 0 spiro atoms. The molecule has 0 aliphatic rings. The SMILES string of the molecule is CCOCCOc1nc(-c2ccccc2C)n(C(=O)c2ccccc2Br)n1. The molecule has 0 atom stereocenters. The number of rotatable bonds is 7. The molecule has 1 aromatic heterocycles. The fourth-order valence-corrected chi connectivity index (χ4v) is 3.03. The van der Waals surface area contributed by atoms with E-state index < -0.39 is 0 Å². The zero-order valence-corrected chi connectivity index (χ0v) is 16.8. The molecule has 0 saturated heterocycles. The van der Waals surface area contributed by atoms with Crippen molar-refractivity contribution in [2.24, 2.45) is 0 Å². The molecule has 140 valence electrons. The van der Waals surface area contributed by atoms with Crippen molar-refractivity contribution >= 4 is 21.8 Å². The summed E-state index contributed by atoms with van der Waals surface area (Å²) < 4.78 is 12.8. The lowest BCUT2D eigenvalue weighted by atomic mass is 10.1. The first-order valence-electron chi connectivity index (χ1n) is 8.64. The number of aryl methyl sites for hydroxylation is 1. The molecular weight excluding hydrogens is 410 g/mol. The number of hydrogen-bond donors (Lipinski definition) is 0. The Morgan fingerprint density at radius 3 is 2.59 bits per heavy atom. The van der Waals surface area contributed by atoms with E-state index in [1.807, 2.05) is 56.3 Å². The van der Waals surface area contributed by atoms with Gasteiger partial charge in [-0.25, -0.2) is 0 Å². The van der Waals surface area contributed by atoms with Gasteiger partial charge in [-0.2, -0.15) is 9.67 Å². The van der Waals surface area contributed by atoms with Crippen LogP contribution in [0.1, 0.15) is 22.8 Å². The van der Waals surface area contributed by atoms with Crippen molar-refractivity contribution in [2.45, 2.75) is 13.8 Å². The van der Waals surface area contributed by atoms with Gasteiger partial charge in [0.05, 0.1) is 12.2 Å². The Bertz CT molecular complexity index is 940. The second kappa shape index (κ2) is 8.92. The Kier molecular flexibility index (Phi) is 6.36. The third-order valence-corrected chi connectivity index (χ3v) is 4.62. The number of carbonyl (C=O) groups excluding carboxylic acids is 1. The number of nitrogens with zero attached hydrogens (tertiary/aromatic N) is 3. The number of halogens is 1. The minimum absolute atomic E-state index is 0.147. The van der Waals surface area contributed by atoms with Gasteiger partial charge in [-0.05, 0) is 47.5 Å². The van der Waals surface area contributed by atoms with Gasteiger partial charge in [0, 0.05) is 16.6 Å². The normalized spacial score (nSPS) is 10.8. The van der Waals surface area contributed by atoms with E-state index in [9.17, 15) is 4.79 Å². The van der Waals surface area contributed by atoms with Gasteiger partial charge >= 0.3 is 6.01 Å². The number of ether oxygens (including phenoxy) is 2. The van der Waals surface area contributed by atoms with Gasteiger partial charge in [-0.1, -0.05) is 36.4 Å². The van der Waals surface area contributed by atoms with Crippen molar-refractivity contribution < 1.29 is 14.3 Å². The Morgan fingerprint density at radius 1 is 1.11 bits per heavy atom. The summed E-state index contributed by atoms with van der Waals surface area (Å²) in [6, 6.07) is 15.1. The molecule has 6 nitrogen and oxygen atoms in total. The zero-order chi connectivity index (χ0) is 19.2. The Morgan fingerprint density at radius 2 is 1.85 bits per heavy atom. The summed E-state index contributed by atoms with van der Waals surface area (Å²) in [4.78, 5) is 17.6. The third kappa shape index (κ3) is 4.43. The molecule has 0 amide bonds. The maximum absolute atomic E-state index is 13.1. The molecule has 2 aromatic carbocycles. The molecule has 1 heterocycles. The third-order valence-electron chi connectivity index (χ3n) is 3.93. The fourth-order valence-electron chi connectivity index (χ4n) is 2.58. The molecule has 0 unspecified atom stereocenters. The highest BCUT2D eigenvalue weighted by Gasteiger charge is 2.22. The molecular formula is C20H20BrN3O3. The average molecular weight is 430 g/mol. The Balaban J connectivity index is 2.00. The van der Waals surface area contributed by atoms with Crippen LogP contribution >= 0.6 is 15.9 Å². The van der Waals surface area contributed by atoms with Gasteiger partial charge in [-0.15, -0.1) is 5.10 Å². The molecule has 27 heavy (non-hydrogen) atoms. The molecule has 0 saturated carbocycles. The first kappa shape index (κ1) is 19.3. The first-order chi connectivity index (χ1) is 13.1. The number of hydrogen-bond acceptors (Lipinski definition) is 5. The largest absolute Gasteiger partial charge is 0.460 e. The van der Waals surface area contributed by atoms with Crippen molar-refractivity contribution in [2.75, 3.05) is 19.8 Å². The molecule has 0 fully saturated rings. The summed E-state index contributed by atoms with van der Waals surface area (Å²) in [5, 5.41) is 4.30. The van der Waals surface area contributed by atoms with Crippen molar-refractivity contribution in [3.63, 3.8) is 0 Å². The Hall–Kier alpha value is -2.51. The molecule has 0 N–H and O–H groups in total. The standard InChI is InChI=1S/C20H20BrN3O3/c1-3-26-12-13-27-20-22-18(15-9-5-4-8-14(15)2)24(23-20)19(25)16-10-6-7-11-17(16)21/h4-11H,3,12-13H2,1-2H3. The van der Waals surface area contributed by atoms with E-state index in [4.69, 9.17) is 9.47 Å². The maximum Gasteiger partial charge on any atom is 0.336 e. The summed E-state index contributed by atoms with van der Waals surface area (Å²) in [5.41, 5.74) is 2.31. The molecule has 3 aromatic rings. The highest BCUT2D eigenvalue weighted by atomic mass is 79.9. The van der Waals surface area contributed by atoms with Gasteiger partial charge in [0.2, 0.25) is 0 Å². The van der Waals surface area contributed by atoms with Crippen LogP contribution in [0.2, 0.25) is 0 Å². The summed E-state index contributed by atoms with van der Waals surface area (Å²) in [6.45, 7) is 5.24. The predicted octanol–water partition coefficient (Wildman–Crippen LogP) is 4.12. The zero-order valence-electron chi connectivity index (χ0n) is 15.2. The van der Waals surface area contributed by atoms with Crippen LogP contribution in [0.15, 0.2) is 53.0 Å². The summed E-state index contributed by atoms with van der Waals surface area (Å²) in [5.74, 6) is 0.160.